The lowest BCUT2D eigenvalue weighted by atomic mass is 9.84. The van der Waals surface area contributed by atoms with Crippen LogP contribution >= 0.6 is 0 Å². The summed E-state index contributed by atoms with van der Waals surface area (Å²) in [5.74, 6) is -1.48. The number of aryl methyl sites for hydroxylation is 1. The van der Waals surface area contributed by atoms with E-state index in [0.717, 1.165) is 37.6 Å². The predicted molar refractivity (Wildman–Crippen MR) is 144 cm³/mol. The van der Waals surface area contributed by atoms with Crippen molar-refractivity contribution in [3.63, 3.8) is 0 Å². The zero-order valence-corrected chi connectivity index (χ0v) is 22.8. The number of carbonyl (C=O) groups is 2. The maximum absolute atomic E-state index is 13.9. The van der Waals surface area contributed by atoms with Gasteiger partial charge in [-0.1, -0.05) is 38.1 Å². The summed E-state index contributed by atoms with van der Waals surface area (Å²) in [6, 6.07) is 9.03. The van der Waals surface area contributed by atoms with Crippen LogP contribution in [0.3, 0.4) is 0 Å². The number of aromatic nitrogens is 3. The van der Waals surface area contributed by atoms with Crippen molar-refractivity contribution in [2.45, 2.75) is 58.7 Å². The van der Waals surface area contributed by atoms with E-state index >= 15 is 0 Å². The Bertz CT molecular complexity index is 1350. The molecule has 0 aliphatic carbocycles. The number of nitrogens with zero attached hydrogens (tertiary/aromatic N) is 4. The highest BCUT2D eigenvalue weighted by Gasteiger charge is 2.35. The van der Waals surface area contributed by atoms with Crippen LogP contribution < -0.4 is 5.32 Å². The number of amides is 1. The Balaban J connectivity index is 1.63. The smallest absolute Gasteiger partial charge is 0.417 e. The average Bonchev–Trinajstić information content (AvgIpc) is 3.32. The van der Waals surface area contributed by atoms with Crippen LogP contribution in [-0.4, -0.2) is 62.3 Å². The van der Waals surface area contributed by atoms with Crippen molar-refractivity contribution in [3.05, 3.63) is 65.5 Å². The van der Waals surface area contributed by atoms with E-state index in [1.807, 2.05) is 6.92 Å². The summed E-state index contributed by atoms with van der Waals surface area (Å²) in [5.41, 5.74) is -0.102. The van der Waals surface area contributed by atoms with Gasteiger partial charge in [0, 0.05) is 30.9 Å². The van der Waals surface area contributed by atoms with Gasteiger partial charge in [0.2, 0.25) is 0 Å². The number of carboxylic acid groups (broad SMARTS) is 1. The standard InChI is InChI=1S/C29H34F3N5O3/c1-19-9-10-25(33-17-19)37-24(21-7-4-5-8-22(21)29(30,31)32)16-23(35-37)27(40)34-20(15-26(38)39)11-14-36-13-6-12-28(2,3)18-36/h4-5,7-10,16-17,20H,6,11-15,18H2,1-3H3,(H,34,40)(H,38,39)/t20-/m0/s1. The van der Waals surface area contributed by atoms with Crippen LogP contribution in [0, 0.1) is 12.3 Å². The molecule has 2 N–H and O–H groups in total. The Kier molecular flexibility index (Phi) is 8.62. The van der Waals surface area contributed by atoms with Gasteiger partial charge in [0.15, 0.2) is 11.5 Å². The lowest BCUT2D eigenvalue weighted by Gasteiger charge is -2.38. The monoisotopic (exact) mass is 557 g/mol. The van der Waals surface area contributed by atoms with Crippen LogP contribution in [0.25, 0.3) is 17.1 Å². The van der Waals surface area contributed by atoms with Crippen molar-refractivity contribution in [3.8, 4) is 17.1 Å². The second-order valence-corrected chi connectivity index (χ2v) is 11.2. The fourth-order valence-corrected chi connectivity index (χ4v) is 5.17. The molecule has 3 heterocycles. The summed E-state index contributed by atoms with van der Waals surface area (Å²) in [7, 11) is 0. The van der Waals surface area contributed by atoms with Gasteiger partial charge in [0.05, 0.1) is 17.7 Å². The third-order valence-electron chi connectivity index (χ3n) is 7.09. The molecule has 0 bridgehead atoms. The van der Waals surface area contributed by atoms with E-state index in [4.69, 9.17) is 0 Å². The number of carbonyl (C=O) groups excluding carboxylic acids is 1. The third kappa shape index (κ3) is 7.26. The highest BCUT2D eigenvalue weighted by molar-refractivity contribution is 5.94. The van der Waals surface area contributed by atoms with Gasteiger partial charge in [-0.05, 0) is 61.9 Å². The van der Waals surface area contributed by atoms with E-state index in [2.05, 4.69) is 34.1 Å². The van der Waals surface area contributed by atoms with Crippen LogP contribution in [0.1, 0.15) is 61.1 Å². The van der Waals surface area contributed by atoms with Gasteiger partial charge in [-0.2, -0.15) is 18.3 Å². The molecule has 0 unspecified atom stereocenters. The largest absolute Gasteiger partial charge is 0.481 e. The Morgan fingerprint density at radius 2 is 1.93 bits per heavy atom. The number of hydrogen-bond donors (Lipinski definition) is 2. The summed E-state index contributed by atoms with van der Waals surface area (Å²) < 4.78 is 42.9. The molecule has 1 amide bonds. The second-order valence-electron chi connectivity index (χ2n) is 11.2. The number of piperidine rings is 1. The van der Waals surface area contributed by atoms with Crippen molar-refractivity contribution in [1.82, 2.24) is 25.0 Å². The van der Waals surface area contributed by atoms with E-state index in [1.54, 1.807) is 18.3 Å². The molecule has 214 valence electrons. The molecule has 4 rings (SSSR count). The van der Waals surface area contributed by atoms with Crippen molar-refractivity contribution >= 4 is 11.9 Å². The lowest BCUT2D eigenvalue weighted by molar-refractivity contribution is -0.138. The number of likely N-dealkylation sites (tertiary alicyclic amines) is 1. The van der Waals surface area contributed by atoms with Gasteiger partial charge < -0.3 is 15.3 Å². The number of aliphatic carboxylic acids is 1. The minimum atomic E-state index is -4.63. The molecule has 0 radical (unpaired) electrons. The topological polar surface area (TPSA) is 100 Å². The van der Waals surface area contributed by atoms with E-state index in [1.165, 1.54) is 28.9 Å². The van der Waals surface area contributed by atoms with Crippen molar-refractivity contribution in [2.24, 2.45) is 5.41 Å². The molecule has 0 saturated carbocycles. The van der Waals surface area contributed by atoms with Crippen molar-refractivity contribution < 1.29 is 27.9 Å². The molecule has 0 spiro atoms. The summed E-state index contributed by atoms with van der Waals surface area (Å²) in [4.78, 5) is 31.5. The second kappa shape index (κ2) is 11.8. The van der Waals surface area contributed by atoms with Crippen molar-refractivity contribution in [2.75, 3.05) is 19.6 Å². The highest BCUT2D eigenvalue weighted by Crippen LogP contribution is 2.37. The zero-order valence-electron chi connectivity index (χ0n) is 22.8. The first-order chi connectivity index (χ1) is 18.8. The zero-order chi connectivity index (χ0) is 29.1. The lowest BCUT2D eigenvalue weighted by Crippen LogP contribution is -2.44. The Hall–Kier alpha value is -3.73. The summed E-state index contributed by atoms with van der Waals surface area (Å²) in [6.07, 6.45) is -0.775. The number of carboxylic acids is 1. The molecule has 1 aromatic carbocycles. The molecule has 2 aromatic heterocycles. The molecular formula is C29H34F3N5O3. The maximum Gasteiger partial charge on any atom is 0.417 e. The van der Waals surface area contributed by atoms with Crippen LogP contribution in [0.2, 0.25) is 0 Å². The fourth-order valence-electron chi connectivity index (χ4n) is 5.17. The van der Waals surface area contributed by atoms with Gasteiger partial charge in [-0.3, -0.25) is 9.59 Å². The maximum atomic E-state index is 13.9. The van der Waals surface area contributed by atoms with Gasteiger partial charge in [-0.25, -0.2) is 9.67 Å². The minimum Gasteiger partial charge on any atom is -0.481 e. The summed E-state index contributed by atoms with van der Waals surface area (Å²) >= 11 is 0. The van der Waals surface area contributed by atoms with E-state index in [9.17, 15) is 27.9 Å². The molecule has 3 aromatic rings. The first kappa shape index (κ1) is 29.3. The normalized spacial score (nSPS) is 16.4. The summed E-state index contributed by atoms with van der Waals surface area (Å²) in [5, 5.41) is 16.5. The quantitative estimate of drug-likeness (QED) is 0.368. The van der Waals surface area contributed by atoms with E-state index < -0.39 is 29.7 Å². The van der Waals surface area contributed by atoms with Gasteiger partial charge >= 0.3 is 12.1 Å². The summed E-state index contributed by atoms with van der Waals surface area (Å²) in [6.45, 7) is 8.64. The van der Waals surface area contributed by atoms with E-state index in [0.29, 0.717) is 13.0 Å². The fraction of sp³-hybridized carbons (Fsp3) is 0.448. The van der Waals surface area contributed by atoms with Gasteiger partial charge in [0.1, 0.15) is 0 Å². The molecule has 40 heavy (non-hydrogen) atoms. The Morgan fingerprint density at radius 1 is 1.18 bits per heavy atom. The molecule has 1 fully saturated rings. The Labute approximate surface area is 231 Å². The number of halogens is 3. The Morgan fingerprint density at radius 3 is 2.58 bits per heavy atom. The van der Waals surface area contributed by atoms with Crippen LogP contribution in [0.4, 0.5) is 13.2 Å². The third-order valence-corrected chi connectivity index (χ3v) is 7.09. The molecule has 1 saturated heterocycles. The molecular weight excluding hydrogens is 523 g/mol. The molecule has 8 nitrogen and oxygen atoms in total. The SMILES string of the molecule is Cc1ccc(-n2nc(C(=O)N[C@@H](CCN3CCCC(C)(C)C3)CC(=O)O)cc2-c2ccccc2C(F)(F)F)nc1. The van der Waals surface area contributed by atoms with Crippen LogP contribution in [0.5, 0.6) is 0 Å². The number of alkyl halides is 3. The van der Waals surface area contributed by atoms with Crippen LogP contribution in [-0.2, 0) is 11.0 Å². The number of rotatable bonds is 9. The predicted octanol–water partition coefficient (Wildman–Crippen LogP) is 5.35. The molecule has 1 aliphatic heterocycles. The van der Waals surface area contributed by atoms with Crippen LogP contribution in [0.15, 0.2) is 48.7 Å². The minimum absolute atomic E-state index is 0.0414. The highest BCUT2D eigenvalue weighted by atomic mass is 19.4. The van der Waals surface area contributed by atoms with Gasteiger partial charge in [0.25, 0.3) is 5.91 Å². The molecule has 1 aliphatic rings. The average molecular weight is 558 g/mol. The number of benzene rings is 1. The number of nitrogens with one attached hydrogen (secondary N) is 1. The molecule has 1 atom stereocenters. The number of hydrogen-bond acceptors (Lipinski definition) is 5. The first-order valence-corrected chi connectivity index (χ1v) is 13.3. The number of pyridine rings is 1. The first-order valence-electron chi connectivity index (χ1n) is 13.3. The van der Waals surface area contributed by atoms with Crippen molar-refractivity contribution in [1.29, 1.82) is 0 Å². The molecule has 11 heteroatoms. The van der Waals surface area contributed by atoms with Gasteiger partial charge in [-0.15, -0.1) is 0 Å². The van der Waals surface area contributed by atoms with E-state index in [-0.39, 0.29) is 34.6 Å².